The number of carbonyl (C=O) groups excluding carboxylic acids is 4. The fraction of sp³-hybridized carbons (Fsp3) is 0.265. The highest BCUT2D eigenvalue weighted by atomic mass is 31.1. The summed E-state index contributed by atoms with van der Waals surface area (Å²) in [4.78, 5) is 52.1. The SMILES string of the molecule is C=C(C)C(=O)OCCOC(=O)c1ccc(P(c2ccccc2)c2ccc(C(=O)/C(C)=N/OC(C)=O)cc2)cc1.CC.CC. The van der Waals surface area contributed by atoms with Crippen molar-refractivity contribution in [3.05, 3.63) is 102 Å². The third kappa shape index (κ3) is 11.8. The maximum absolute atomic E-state index is 12.6. The van der Waals surface area contributed by atoms with Crippen LogP contribution in [0.1, 0.15) is 69.2 Å². The van der Waals surface area contributed by atoms with Crippen LogP contribution in [0.5, 0.6) is 0 Å². The first-order valence-electron chi connectivity index (χ1n) is 14.0. The topological polar surface area (TPSA) is 108 Å². The highest BCUT2D eigenvalue weighted by Gasteiger charge is 2.19. The first kappa shape index (κ1) is 36.6. The van der Waals surface area contributed by atoms with Crippen LogP contribution in [0.3, 0.4) is 0 Å². The number of carbonyl (C=O) groups is 4. The number of oxime groups is 1. The molecule has 1 unspecified atom stereocenters. The Kier molecular flexibility index (Phi) is 16.7. The Labute approximate surface area is 255 Å². The van der Waals surface area contributed by atoms with Crippen LogP contribution in [0, 0.1) is 0 Å². The van der Waals surface area contributed by atoms with Crippen molar-refractivity contribution in [2.75, 3.05) is 13.2 Å². The number of nitrogens with zero attached hydrogens (tertiary/aromatic N) is 1. The van der Waals surface area contributed by atoms with Crippen LogP contribution in [-0.4, -0.2) is 42.6 Å². The molecular formula is C34H40NO7P. The number of ketones is 1. The lowest BCUT2D eigenvalue weighted by atomic mass is 10.1. The van der Waals surface area contributed by atoms with Gasteiger partial charge in [-0.2, -0.15) is 0 Å². The predicted octanol–water partition coefficient (Wildman–Crippen LogP) is 5.90. The van der Waals surface area contributed by atoms with E-state index in [9.17, 15) is 19.2 Å². The minimum Gasteiger partial charge on any atom is -0.459 e. The quantitative estimate of drug-likeness (QED) is 0.0392. The standard InChI is InChI=1S/C30H28NO7P.2C2H6/c1-20(2)29(34)36-18-19-37-30(35)24-12-16-27(17-13-24)39(25-8-6-5-7-9-25)26-14-10-23(11-15-26)28(33)21(3)31-38-22(4)32;2*1-2/h5-17H,1,18-19H2,2-4H3;2*1-2H3/b31-21+;;. The Bertz CT molecular complexity index is 1380. The molecule has 0 fully saturated rings. The summed E-state index contributed by atoms with van der Waals surface area (Å²) in [6, 6.07) is 24.3. The minimum atomic E-state index is -0.996. The van der Waals surface area contributed by atoms with Crippen molar-refractivity contribution in [2.45, 2.75) is 48.5 Å². The Balaban J connectivity index is 0.00000221. The zero-order valence-corrected chi connectivity index (χ0v) is 26.8. The molecule has 3 aromatic carbocycles. The van der Waals surface area contributed by atoms with E-state index < -0.39 is 25.8 Å². The molecule has 0 bridgehead atoms. The zero-order chi connectivity index (χ0) is 32.4. The normalized spacial score (nSPS) is 10.9. The average Bonchev–Trinajstić information content (AvgIpc) is 3.04. The molecule has 3 aromatic rings. The molecule has 0 saturated carbocycles. The molecule has 8 nitrogen and oxygen atoms in total. The van der Waals surface area contributed by atoms with Crippen LogP contribution in [0.15, 0.2) is 96.2 Å². The van der Waals surface area contributed by atoms with Crippen LogP contribution >= 0.6 is 7.92 Å². The number of hydrogen-bond donors (Lipinski definition) is 0. The van der Waals surface area contributed by atoms with Gasteiger partial charge in [0.15, 0.2) is 0 Å². The second-order valence-electron chi connectivity index (χ2n) is 8.41. The van der Waals surface area contributed by atoms with Gasteiger partial charge in [-0.05, 0) is 49.8 Å². The summed E-state index contributed by atoms with van der Waals surface area (Å²) < 4.78 is 10.1. The molecule has 3 rings (SSSR count). The number of benzene rings is 3. The minimum absolute atomic E-state index is 0.0531. The molecule has 0 heterocycles. The van der Waals surface area contributed by atoms with Gasteiger partial charge >= 0.3 is 17.9 Å². The predicted molar refractivity (Wildman–Crippen MR) is 173 cm³/mol. The van der Waals surface area contributed by atoms with Crippen LogP contribution < -0.4 is 15.9 Å². The van der Waals surface area contributed by atoms with E-state index in [1.165, 1.54) is 20.8 Å². The summed E-state index contributed by atoms with van der Waals surface area (Å²) in [6.07, 6.45) is 0. The van der Waals surface area contributed by atoms with E-state index in [1.54, 1.807) is 24.3 Å². The third-order valence-corrected chi connectivity index (χ3v) is 7.74. The van der Waals surface area contributed by atoms with Crippen molar-refractivity contribution in [3.8, 4) is 0 Å². The molecule has 0 N–H and O–H groups in total. The van der Waals surface area contributed by atoms with Gasteiger partial charge in [-0.1, -0.05) is 106 Å². The summed E-state index contributed by atoms with van der Waals surface area (Å²) >= 11 is 0. The first-order chi connectivity index (χ1) is 20.7. The summed E-state index contributed by atoms with van der Waals surface area (Å²) in [5.74, 6) is -2.00. The Morgan fingerprint density at radius 1 is 0.674 bits per heavy atom. The molecule has 43 heavy (non-hydrogen) atoms. The van der Waals surface area contributed by atoms with Crippen LogP contribution in [0.4, 0.5) is 0 Å². The third-order valence-electron chi connectivity index (χ3n) is 5.30. The summed E-state index contributed by atoms with van der Waals surface area (Å²) in [7, 11) is -0.996. The fourth-order valence-electron chi connectivity index (χ4n) is 3.39. The van der Waals surface area contributed by atoms with E-state index in [2.05, 4.69) is 16.6 Å². The fourth-order valence-corrected chi connectivity index (χ4v) is 5.65. The Morgan fingerprint density at radius 2 is 1.14 bits per heavy atom. The van der Waals surface area contributed by atoms with Gasteiger partial charge in [-0.3, -0.25) is 4.79 Å². The van der Waals surface area contributed by atoms with Gasteiger partial charge in [0.2, 0.25) is 5.78 Å². The number of hydrogen-bond acceptors (Lipinski definition) is 8. The monoisotopic (exact) mass is 605 g/mol. The molecule has 0 aliphatic rings. The van der Waals surface area contributed by atoms with Crippen molar-refractivity contribution in [3.63, 3.8) is 0 Å². The maximum Gasteiger partial charge on any atom is 0.338 e. The summed E-state index contributed by atoms with van der Waals surface area (Å²) in [5, 5.41) is 6.66. The molecule has 1 atom stereocenters. The molecule has 0 aliphatic carbocycles. The van der Waals surface area contributed by atoms with Gasteiger partial charge in [-0.15, -0.1) is 0 Å². The molecule has 0 aliphatic heterocycles. The molecule has 9 heteroatoms. The second kappa shape index (κ2) is 19.7. The van der Waals surface area contributed by atoms with Gasteiger partial charge in [-0.25, -0.2) is 14.4 Å². The number of ether oxygens (including phenoxy) is 2. The highest BCUT2D eigenvalue weighted by molar-refractivity contribution is 7.79. The largest absolute Gasteiger partial charge is 0.459 e. The highest BCUT2D eigenvalue weighted by Crippen LogP contribution is 2.33. The molecule has 0 radical (unpaired) electrons. The lowest BCUT2D eigenvalue weighted by Crippen LogP contribution is -2.21. The summed E-state index contributed by atoms with van der Waals surface area (Å²) in [6.45, 7) is 15.6. The lowest BCUT2D eigenvalue weighted by molar-refractivity contribution is -0.141. The van der Waals surface area contributed by atoms with E-state index in [1.807, 2.05) is 82.3 Å². The van der Waals surface area contributed by atoms with Gasteiger partial charge in [0.1, 0.15) is 18.9 Å². The Hall–Kier alpha value is -4.42. The molecule has 0 saturated heterocycles. The molecular weight excluding hydrogens is 565 g/mol. The van der Waals surface area contributed by atoms with Crippen molar-refractivity contribution >= 4 is 53.2 Å². The van der Waals surface area contributed by atoms with E-state index in [4.69, 9.17) is 9.47 Å². The lowest BCUT2D eigenvalue weighted by Gasteiger charge is -2.20. The van der Waals surface area contributed by atoms with Crippen LogP contribution in [0.25, 0.3) is 0 Å². The van der Waals surface area contributed by atoms with Gasteiger partial charge in [0.05, 0.1) is 5.56 Å². The summed E-state index contributed by atoms with van der Waals surface area (Å²) in [5.41, 5.74) is 1.13. The van der Waals surface area contributed by atoms with Gasteiger partial charge in [0.25, 0.3) is 0 Å². The number of Topliss-reactive ketones (excluding diaryl/α,β-unsaturated/α-hetero) is 1. The van der Waals surface area contributed by atoms with E-state index in [-0.39, 0.29) is 30.3 Å². The smallest absolute Gasteiger partial charge is 0.338 e. The maximum atomic E-state index is 12.6. The second-order valence-corrected chi connectivity index (χ2v) is 10.6. The average molecular weight is 606 g/mol. The Morgan fingerprint density at radius 3 is 1.63 bits per heavy atom. The number of esters is 2. The molecule has 228 valence electrons. The molecule has 0 spiro atoms. The molecule has 0 amide bonds. The van der Waals surface area contributed by atoms with Crippen molar-refractivity contribution in [1.82, 2.24) is 0 Å². The van der Waals surface area contributed by atoms with E-state index >= 15 is 0 Å². The number of rotatable bonds is 11. The first-order valence-corrected chi connectivity index (χ1v) is 15.3. The van der Waals surface area contributed by atoms with E-state index in [0.29, 0.717) is 11.1 Å². The van der Waals surface area contributed by atoms with Crippen LogP contribution in [-0.2, 0) is 23.9 Å². The van der Waals surface area contributed by atoms with Crippen molar-refractivity contribution in [2.24, 2.45) is 5.16 Å². The van der Waals surface area contributed by atoms with Gasteiger partial charge in [0, 0.05) is 18.1 Å². The van der Waals surface area contributed by atoms with E-state index in [0.717, 1.165) is 15.9 Å². The molecule has 0 aromatic heterocycles. The van der Waals surface area contributed by atoms with Gasteiger partial charge < -0.3 is 14.3 Å². The zero-order valence-electron chi connectivity index (χ0n) is 25.9. The van der Waals surface area contributed by atoms with Crippen molar-refractivity contribution < 1.29 is 33.5 Å². The van der Waals surface area contributed by atoms with Crippen molar-refractivity contribution in [1.29, 1.82) is 0 Å². The van der Waals surface area contributed by atoms with Crippen LogP contribution in [0.2, 0.25) is 0 Å².